The molecule has 2 atom stereocenters. The van der Waals surface area contributed by atoms with Gasteiger partial charge in [-0.3, -0.25) is 4.79 Å². The number of hydrogen-bond donors (Lipinski definition) is 2. The smallest absolute Gasteiger partial charge is 0.259 e. The fourth-order valence-corrected chi connectivity index (χ4v) is 5.11. The Balaban J connectivity index is 1.40. The minimum Gasteiger partial charge on any atom is -0.496 e. The fourth-order valence-electron chi connectivity index (χ4n) is 5.11. The Hall–Kier alpha value is -3.98. The number of fused-ring (bicyclic) bond motifs is 1. The molecular weight excluding hydrogens is 483 g/mol. The summed E-state index contributed by atoms with van der Waals surface area (Å²) in [5.41, 5.74) is 1.78. The molecule has 1 fully saturated rings. The van der Waals surface area contributed by atoms with E-state index in [0.717, 1.165) is 30.5 Å². The van der Waals surface area contributed by atoms with E-state index in [1.165, 1.54) is 13.2 Å². The van der Waals surface area contributed by atoms with Crippen molar-refractivity contribution in [2.45, 2.75) is 45.3 Å². The van der Waals surface area contributed by atoms with Gasteiger partial charge in [0.05, 0.1) is 35.6 Å². The average Bonchev–Trinajstić information content (AvgIpc) is 2.92. The summed E-state index contributed by atoms with van der Waals surface area (Å²) in [6.07, 6.45) is 5.70. The fraction of sp³-hybridized carbons (Fsp3) is 0.345. The summed E-state index contributed by atoms with van der Waals surface area (Å²) in [7, 11) is 3.63. The van der Waals surface area contributed by atoms with Gasteiger partial charge in [-0.15, -0.1) is 0 Å². The first-order valence-corrected chi connectivity index (χ1v) is 12.9. The molecule has 0 amide bonds. The Kier molecular flexibility index (Phi) is 7.28. The molecule has 4 aromatic rings. The number of benzene rings is 1. The molecule has 0 saturated carbocycles. The molecule has 2 N–H and O–H groups in total. The molecule has 8 nitrogen and oxygen atoms in total. The lowest BCUT2D eigenvalue weighted by Gasteiger charge is -2.35. The molecule has 2 unspecified atom stereocenters. The first kappa shape index (κ1) is 25.7. The number of methoxy groups -OCH3 is 1. The molecule has 1 aliphatic heterocycles. The van der Waals surface area contributed by atoms with Crippen LogP contribution in [-0.4, -0.2) is 52.2 Å². The summed E-state index contributed by atoms with van der Waals surface area (Å²) in [4.78, 5) is 24.9. The number of hydrogen-bond acceptors (Lipinski definition) is 7. The Labute approximate surface area is 221 Å². The molecule has 0 radical (unpaired) electrons. The van der Waals surface area contributed by atoms with Crippen LogP contribution in [0.2, 0.25) is 0 Å². The molecule has 0 aliphatic carbocycles. The van der Waals surface area contributed by atoms with Crippen molar-refractivity contribution >= 4 is 28.2 Å². The highest BCUT2D eigenvalue weighted by atomic mass is 19.1. The summed E-state index contributed by atoms with van der Waals surface area (Å²) in [6, 6.07) is 12.9. The summed E-state index contributed by atoms with van der Waals surface area (Å²) in [5.74, 6) is 1.01. The van der Waals surface area contributed by atoms with Crippen LogP contribution in [0, 0.1) is 5.82 Å². The molecular formula is C29H33FN6O2. The molecule has 1 aliphatic rings. The minimum atomic E-state index is -0.510. The van der Waals surface area contributed by atoms with E-state index in [0.29, 0.717) is 41.5 Å². The van der Waals surface area contributed by atoms with E-state index >= 15 is 0 Å². The molecule has 9 heteroatoms. The van der Waals surface area contributed by atoms with Gasteiger partial charge in [-0.25, -0.2) is 14.4 Å². The van der Waals surface area contributed by atoms with Crippen molar-refractivity contribution in [2.24, 2.45) is 0 Å². The highest BCUT2D eigenvalue weighted by Gasteiger charge is 2.22. The zero-order valence-electron chi connectivity index (χ0n) is 22.2. The van der Waals surface area contributed by atoms with Crippen LogP contribution in [0.3, 0.4) is 0 Å². The van der Waals surface area contributed by atoms with Crippen molar-refractivity contribution < 1.29 is 9.13 Å². The summed E-state index contributed by atoms with van der Waals surface area (Å²) in [5, 5.41) is 7.54. The number of aryl methyl sites for hydroxylation is 1. The van der Waals surface area contributed by atoms with Crippen LogP contribution >= 0.6 is 0 Å². The standard InChI is InChI=1S/C29H33FN6O2/c1-5-36-24-15-27(34-26-10-9-21(17-32-26)33-20-11-12-35(3)18(2)13-20)31-16-19(24)14-22(29(36)37)28-23(30)7-6-8-25(28)38-4/h6-10,14-18,20,33H,5,11-13H2,1-4H3,(H,31,32,34). The predicted octanol–water partition coefficient (Wildman–Crippen LogP) is 5.26. The first-order chi connectivity index (χ1) is 18.4. The van der Waals surface area contributed by atoms with Gasteiger partial charge in [0.15, 0.2) is 0 Å². The monoisotopic (exact) mass is 516 g/mol. The number of ether oxygens (including phenoxy) is 1. The van der Waals surface area contributed by atoms with E-state index in [9.17, 15) is 9.18 Å². The van der Waals surface area contributed by atoms with Crippen LogP contribution in [0.25, 0.3) is 22.0 Å². The van der Waals surface area contributed by atoms with Gasteiger partial charge in [0.2, 0.25) is 0 Å². The lowest BCUT2D eigenvalue weighted by atomic mass is 9.99. The number of pyridine rings is 3. The molecule has 4 heterocycles. The zero-order chi connectivity index (χ0) is 26.8. The maximum atomic E-state index is 14.8. The predicted molar refractivity (Wildman–Crippen MR) is 150 cm³/mol. The van der Waals surface area contributed by atoms with Crippen molar-refractivity contribution in [3.63, 3.8) is 0 Å². The Morgan fingerprint density at radius 3 is 2.66 bits per heavy atom. The Morgan fingerprint density at radius 1 is 1.13 bits per heavy atom. The van der Waals surface area contributed by atoms with Crippen LogP contribution in [0.5, 0.6) is 5.75 Å². The van der Waals surface area contributed by atoms with Gasteiger partial charge in [-0.2, -0.15) is 0 Å². The first-order valence-electron chi connectivity index (χ1n) is 12.9. The van der Waals surface area contributed by atoms with Crippen molar-refractivity contribution in [3.05, 3.63) is 71.0 Å². The van der Waals surface area contributed by atoms with Crippen LogP contribution in [0.15, 0.2) is 59.7 Å². The number of nitrogens with zero attached hydrogens (tertiary/aromatic N) is 4. The number of anilines is 3. The van der Waals surface area contributed by atoms with E-state index in [1.807, 2.05) is 31.3 Å². The van der Waals surface area contributed by atoms with Gasteiger partial charge < -0.3 is 24.8 Å². The molecule has 1 aromatic carbocycles. The van der Waals surface area contributed by atoms with Crippen molar-refractivity contribution in [3.8, 4) is 16.9 Å². The van der Waals surface area contributed by atoms with Crippen molar-refractivity contribution in [1.29, 1.82) is 0 Å². The molecule has 38 heavy (non-hydrogen) atoms. The lowest BCUT2D eigenvalue weighted by Crippen LogP contribution is -2.42. The summed E-state index contributed by atoms with van der Waals surface area (Å²) < 4.78 is 21.7. The highest BCUT2D eigenvalue weighted by molar-refractivity contribution is 5.86. The summed E-state index contributed by atoms with van der Waals surface area (Å²) >= 11 is 0. The largest absolute Gasteiger partial charge is 0.496 e. The number of halogens is 1. The Morgan fingerprint density at radius 2 is 1.95 bits per heavy atom. The maximum absolute atomic E-state index is 14.8. The van der Waals surface area contributed by atoms with Gasteiger partial charge in [0.1, 0.15) is 23.2 Å². The third-order valence-electron chi connectivity index (χ3n) is 7.36. The van der Waals surface area contributed by atoms with Crippen molar-refractivity contribution in [2.75, 3.05) is 31.3 Å². The second-order valence-electron chi connectivity index (χ2n) is 9.81. The number of nitrogens with one attached hydrogen (secondary N) is 2. The highest BCUT2D eigenvalue weighted by Crippen LogP contribution is 2.32. The Bertz CT molecular complexity index is 1500. The molecule has 198 valence electrons. The topological polar surface area (TPSA) is 84.3 Å². The SMILES string of the molecule is CCn1c(=O)c(-c2c(F)cccc2OC)cc2cnc(Nc3ccc(NC4CCN(C)C(C)C4)cn3)cc21. The lowest BCUT2D eigenvalue weighted by molar-refractivity contribution is 0.190. The quantitative estimate of drug-likeness (QED) is 0.346. The molecule has 0 bridgehead atoms. The maximum Gasteiger partial charge on any atom is 0.259 e. The summed E-state index contributed by atoms with van der Waals surface area (Å²) in [6.45, 7) is 5.63. The van der Waals surface area contributed by atoms with Gasteiger partial charge in [-0.1, -0.05) is 6.07 Å². The van der Waals surface area contributed by atoms with Crippen LogP contribution in [0.1, 0.15) is 26.7 Å². The van der Waals surface area contributed by atoms with Gasteiger partial charge in [0.25, 0.3) is 5.56 Å². The van der Waals surface area contributed by atoms with E-state index in [4.69, 9.17) is 4.74 Å². The molecule has 5 rings (SSSR count). The number of piperidine rings is 1. The van der Waals surface area contributed by atoms with Crippen LogP contribution < -0.4 is 20.9 Å². The van der Waals surface area contributed by atoms with Gasteiger partial charge in [-0.05, 0) is 64.1 Å². The number of aromatic nitrogens is 3. The van der Waals surface area contributed by atoms with E-state index in [1.54, 1.807) is 29.0 Å². The van der Waals surface area contributed by atoms with Crippen molar-refractivity contribution in [1.82, 2.24) is 19.4 Å². The third kappa shape index (κ3) is 5.06. The van der Waals surface area contributed by atoms with Crippen LogP contribution in [0.4, 0.5) is 21.7 Å². The average molecular weight is 517 g/mol. The van der Waals surface area contributed by atoms with E-state index in [-0.39, 0.29) is 16.7 Å². The van der Waals surface area contributed by atoms with Crippen LogP contribution in [-0.2, 0) is 6.54 Å². The van der Waals surface area contributed by atoms with Gasteiger partial charge in [0, 0.05) is 42.8 Å². The van der Waals surface area contributed by atoms with E-state index in [2.05, 4.69) is 39.5 Å². The second-order valence-corrected chi connectivity index (χ2v) is 9.81. The van der Waals surface area contributed by atoms with E-state index < -0.39 is 5.82 Å². The minimum absolute atomic E-state index is 0.152. The zero-order valence-corrected chi connectivity index (χ0v) is 22.2. The molecule has 0 spiro atoms. The number of rotatable bonds is 7. The second kappa shape index (κ2) is 10.8. The molecule has 3 aromatic heterocycles. The van der Waals surface area contributed by atoms with Gasteiger partial charge >= 0.3 is 0 Å². The molecule has 1 saturated heterocycles. The normalized spacial score (nSPS) is 17.9. The third-order valence-corrected chi connectivity index (χ3v) is 7.36. The number of likely N-dealkylation sites (tertiary alicyclic amines) is 1.